The van der Waals surface area contributed by atoms with Gasteiger partial charge in [0.1, 0.15) is 5.82 Å². The minimum absolute atomic E-state index is 0.308. The predicted molar refractivity (Wildman–Crippen MR) is 126 cm³/mol. The van der Waals surface area contributed by atoms with E-state index in [1.165, 1.54) is 12.3 Å². The average molecular weight is 445 g/mol. The third-order valence-corrected chi connectivity index (χ3v) is 6.09. The van der Waals surface area contributed by atoms with E-state index in [1.54, 1.807) is 24.3 Å². The van der Waals surface area contributed by atoms with Crippen molar-refractivity contribution in [3.63, 3.8) is 0 Å². The number of carbonyl (C=O) groups excluding carboxylic acids is 2. The average Bonchev–Trinajstić information content (AvgIpc) is 3.34. The van der Waals surface area contributed by atoms with E-state index in [-0.39, 0.29) is 5.82 Å². The van der Waals surface area contributed by atoms with Gasteiger partial charge in [-0.3, -0.25) is 14.9 Å². The quantitative estimate of drug-likeness (QED) is 0.477. The standard InChI is InChI=1S/C25H24FN5O2/c1-29-10-12-31(13-11-29)23-7-4-17(14-22(23)26)27-16-21-20-15-18(30-8-2-3-9-30)5-6-19(20)24(32)28-25(21)33/h2-9,14-16,27H,10-13H2,1H3,(H,28,32,33)/b21-16-. The van der Waals surface area contributed by atoms with Gasteiger partial charge in [-0.2, -0.15) is 0 Å². The van der Waals surface area contributed by atoms with E-state index in [9.17, 15) is 14.0 Å². The lowest BCUT2D eigenvalue weighted by Gasteiger charge is -2.34. The van der Waals surface area contributed by atoms with Crippen molar-refractivity contribution in [3.05, 3.63) is 84.1 Å². The van der Waals surface area contributed by atoms with Crippen LogP contribution in [0.4, 0.5) is 15.8 Å². The first-order valence-electron chi connectivity index (χ1n) is 10.8. The number of piperazine rings is 1. The Hall–Kier alpha value is -3.91. The third-order valence-electron chi connectivity index (χ3n) is 6.09. The van der Waals surface area contributed by atoms with Crippen LogP contribution in [0.1, 0.15) is 15.9 Å². The number of nitrogens with zero attached hydrogens (tertiary/aromatic N) is 3. The molecule has 0 saturated carbocycles. The third kappa shape index (κ3) is 4.12. The number of hydrogen-bond donors (Lipinski definition) is 2. The molecular weight excluding hydrogens is 421 g/mol. The second-order valence-corrected chi connectivity index (χ2v) is 8.26. The number of imide groups is 1. The molecule has 2 aliphatic heterocycles. The number of anilines is 2. The van der Waals surface area contributed by atoms with E-state index in [2.05, 4.69) is 22.6 Å². The van der Waals surface area contributed by atoms with Crippen LogP contribution in [0.5, 0.6) is 0 Å². The Labute approximate surface area is 191 Å². The fourth-order valence-electron chi connectivity index (χ4n) is 4.18. The van der Waals surface area contributed by atoms with Crippen LogP contribution in [0.15, 0.2) is 67.1 Å². The van der Waals surface area contributed by atoms with E-state index < -0.39 is 11.8 Å². The molecule has 5 rings (SSSR count). The highest BCUT2D eigenvalue weighted by molar-refractivity contribution is 6.31. The molecule has 0 unspecified atom stereocenters. The van der Waals surface area contributed by atoms with Crippen molar-refractivity contribution in [2.45, 2.75) is 0 Å². The van der Waals surface area contributed by atoms with Crippen molar-refractivity contribution in [1.82, 2.24) is 14.8 Å². The first-order chi connectivity index (χ1) is 16.0. The van der Waals surface area contributed by atoms with Crippen molar-refractivity contribution >= 4 is 28.8 Å². The minimum atomic E-state index is -0.501. The van der Waals surface area contributed by atoms with Gasteiger partial charge in [0.25, 0.3) is 11.8 Å². The molecule has 8 heteroatoms. The SMILES string of the molecule is CN1CCN(c2ccc(N/C=C3\C(=O)NC(=O)c4ccc(-n5cccc5)cc43)cc2F)CC1. The maximum absolute atomic E-state index is 14.8. The number of carbonyl (C=O) groups is 2. The molecule has 0 aliphatic carbocycles. The Morgan fingerprint density at radius 3 is 2.42 bits per heavy atom. The summed E-state index contributed by atoms with van der Waals surface area (Å²) in [6, 6.07) is 14.1. The zero-order valence-electron chi connectivity index (χ0n) is 18.2. The molecule has 2 N–H and O–H groups in total. The molecule has 2 aliphatic rings. The van der Waals surface area contributed by atoms with E-state index >= 15 is 0 Å². The van der Waals surface area contributed by atoms with Gasteiger partial charge in [0, 0.05) is 67.3 Å². The van der Waals surface area contributed by atoms with Crippen molar-refractivity contribution < 1.29 is 14.0 Å². The lowest BCUT2D eigenvalue weighted by molar-refractivity contribution is -0.114. The summed E-state index contributed by atoms with van der Waals surface area (Å²) in [7, 11) is 2.06. The molecule has 1 fully saturated rings. The van der Waals surface area contributed by atoms with Crippen LogP contribution < -0.4 is 15.5 Å². The molecule has 2 aromatic carbocycles. The Bertz CT molecular complexity index is 1240. The number of aromatic nitrogens is 1. The molecular formula is C25H24FN5O2. The van der Waals surface area contributed by atoms with Gasteiger partial charge in [-0.15, -0.1) is 0 Å². The highest BCUT2D eigenvalue weighted by Crippen LogP contribution is 2.28. The summed E-state index contributed by atoms with van der Waals surface area (Å²) in [6.07, 6.45) is 5.29. The largest absolute Gasteiger partial charge is 0.367 e. The summed E-state index contributed by atoms with van der Waals surface area (Å²) < 4.78 is 16.7. The van der Waals surface area contributed by atoms with Crippen molar-refractivity contribution in [2.75, 3.05) is 43.4 Å². The Morgan fingerprint density at radius 1 is 0.939 bits per heavy atom. The maximum Gasteiger partial charge on any atom is 0.260 e. The van der Waals surface area contributed by atoms with E-state index in [1.807, 2.05) is 40.1 Å². The second-order valence-electron chi connectivity index (χ2n) is 8.26. The zero-order chi connectivity index (χ0) is 22.9. The van der Waals surface area contributed by atoms with Gasteiger partial charge in [0.15, 0.2) is 0 Å². The maximum atomic E-state index is 14.8. The van der Waals surface area contributed by atoms with Crippen LogP contribution in [0.3, 0.4) is 0 Å². The molecule has 2 amide bonds. The number of halogens is 1. The monoisotopic (exact) mass is 445 g/mol. The number of fused-ring (bicyclic) bond motifs is 1. The molecule has 33 heavy (non-hydrogen) atoms. The summed E-state index contributed by atoms with van der Waals surface area (Å²) in [5.74, 6) is -1.26. The van der Waals surface area contributed by atoms with Gasteiger partial charge < -0.3 is 19.7 Å². The first kappa shape index (κ1) is 21.0. The number of hydrogen-bond acceptors (Lipinski definition) is 5. The number of rotatable bonds is 4. The van der Waals surface area contributed by atoms with Gasteiger partial charge in [0.2, 0.25) is 0 Å². The molecule has 168 valence electrons. The highest BCUT2D eigenvalue weighted by atomic mass is 19.1. The van der Waals surface area contributed by atoms with Crippen molar-refractivity contribution in [3.8, 4) is 5.69 Å². The molecule has 7 nitrogen and oxygen atoms in total. The fraction of sp³-hybridized carbons (Fsp3) is 0.200. The van der Waals surface area contributed by atoms with Crippen LogP contribution in [0, 0.1) is 5.82 Å². The molecule has 0 atom stereocenters. The van der Waals surface area contributed by atoms with E-state index in [4.69, 9.17) is 0 Å². The molecule has 0 bridgehead atoms. The number of benzene rings is 2. The molecule has 0 spiro atoms. The predicted octanol–water partition coefficient (Wildman–Crippen LogP) is 3.09. The van der Waals surface area contributed by atoms with Gasteiger partial charge in [-0.05, 0) is 55.6 Å². The Kier molecular flexibility index (Phi) is 5.43. The Balaban J connectivity index is 1.42. The fourth-order valence-corrected chi connectivity index (χ4v) is 4.18. The van der Waals surface area contributed by atoms with Gasteiger partial charge in [-0.25, -0.2) is 4.39 Å². The number of likely N-dealkylation sites (N-methyl/N-ethyl adjacent to an activating group) is 1. The van der Waals surface area contributed by atoms with Gasteiger partial charge in [-0.1, -0.05) is 0 Å². The van der Waals surface area contributed by atoms with Crippen LogP contribution >= 0.6 is 0 Å². The van der Waals surface area contributed by atoms with E-state index in [0.29, 0.717) is 28.1 Å². The van der Waals surface area contributed by atoms with Crippen LogP contribution in [-0.4, -0.2) is 54.5 Å². The number of amides is 2. The normalized spacial score (nSPS) is 17.8. The smallest absolute Gasteiger partial charge is 0.260 e. The van der Waals surface area contributed by atoms with E-state index in [0.717, 1.165) is 31.9 Å². The lowest BCUT2D eigenvalue weighted by Crippen LogP contribution is -2.44. The highest BCUT2D eigenvalue weighted by Gasteiger charge is 2.27. The second kappa shape index (κ2) is 8.55. The minimum Gasteiger partial charge on any atom is -0.367 e. The molecule has 0 radical (unpaired) electrons. The summed E-state index contributed by atoms with van der Waals surface area (Å²) in [4.78, 5) is 29.2. The molecule has 1 aromatic heterocycles. The van der Waals surface area contributed by atoms with Gasteiger partial charge >= 0.3 is 0 Å². The zero-order valence-corrected chi connectivity index (χ0v) is 18.2. The van der Waals surface area contributed by atoms with Crippen LogP contribution in [0.2, 0.25) is 0 Å². The summed E-state index contributed by atoms with van der Waals surface area (Å²) in [5, 5.41) is 5.39. The Morgan fingerprint density at radius 2 is 1.70 bits per heavy atom. The first-order valence-corrected chi connectivity index (χ1v) is 10.8. The topological polar surface area (TPSA) is 69.6 Å². The van der Waals surface area contributed by atoms with Crippen LogP contribution in [-0.2, 0) is 4.79 Å². The number of nitrogens with one attached hydrogen (secondary N) is 2. The van der Waals surface area contributed by atoms with Crippen LogP contribution in [0.25, 0.3) is 11.3 Å². The summed E-state index contributed by atoms with van der Waals surface area (Å²) in [6.45, 7) is 3.34. The van der Waals surface area contributed by atoms with Crippen molar-refractivity contribution in [2.24, 2.45) is 0 Å². The molecule has 3 heterocycles. The van der Waals surface area contributed by atoms with Gasteiger partial charge in [0.05, 0.1) is 11.3 Å². The summed E-state index contributed by atoms with van der Waals surface area (Å²) in [5.41, 5.74) is 3.17. The van der Waals surface area contributed by atoms with Crippen molar-refractivity contribution in [1.29, 1.82) is 0 Å². The molecule has 1 saturated heterocycles. The molecule has 3 aromatic rings. The summed E-state index contributed by atoms with van der Waals surface area (Å²) >= 11 is 0. The lowest BCUT2D eigenvalue weighted by atomic mass is 9.95.